The summed E-state index contributed by atoms with van der Waals surface area (Å²) >= 11 is 6.22. The van der Waals surface area contributed by atoms with E-state index in [1.807, 2.05) is 36.4 Å². The molecule has 138 valence electrons. The number of amides is 1. The molecule has 5 heteroatoms. The zero-order valence-electron chi connectivity index (χ0n) is 14.8. The number of nitrogens with one attached hydrogen (secondary N) is 1. The van der Waals surface area contributed by atoms with Crippen molar-refractivity contribution < 1.29 is 9.90 Å². The van der Waals surface area contributed by atoms with Gasteiger partial charge in [-0.15, -0.1) is 0 Å². The van der Waals surface area contributed by atoms with Gasteiger partial charge in [-0.2, -0.15) is 0 Å². The Labute approximate surface area is 163 Å². The van der Waals surface area contributed by atoms with Crippen LogP contribution in [-0.2, 0) is 6.42 Å². The van der Waals surface area contributed by atoms with Crippen LogP contribution < -0.4 is 5.32 Å². The van der Waals surface area contributed by atoms with Crippen molar-refractivity contribution in [1.29, 1.82) is 0 Å². The molecule has 4 nitrogen and oxygen atoms in total. The van der Waals surface area contributed by atoms with E-state index in [-0.39, 0.29) is 24.0 Å². The summed E-state index contributed by atoms with van der Waals surface area (Å²) in [5.74, 6) is 0.0624. The molecule has 1 aliphatic rings. The fourth-order valence-electron chi connectivity index (χ4n) is 3.64. The maximum Gasteiger partial charge on any atom is 0.270 e. The van der Waals surface area contributed by atoms with Gasteiger partial charge in [0.25, 0.3) is 5.91 Å². The first-order chi connectivity index (χ1) is 13.1. The van der Waals surface area contributed by atoms with Gasteiger partial charge in [0.05, 0.1) is 16.6 Å². The number of halogens is 1. The summed E-state index contributed by atoms with van der Waals surface area (Å²) in [6, 6.07) is 19.2. The minimum atomic E-state index is -0.261. The number of nitrogens with zero attached hydrogens (tertiary/aromatic N) is 1. The molecular weight excluding hydrogens is 360 g/mol. The molecule has 1 aromatic heterocycles. The predicted octanol–water partition coefficient (Wildman–Crippen LogP) is 4.00. The quantitative estimate of drug-likeness (QED) is 0.703. The zero-order valence-corrected chi connectivity index (χ0v) is 15.6. The van der Waals surface area contributed by atoms with Gasteiger partial charge < -0.3 is 10.4 Å². The van der Waals surface area contributed by atoms with Crippen molar-refractivity contribution in [2.75, 3.05) is 0 Å². The molecular formula is C22H21ClN2O2. The summed E-state index contributed by atoms with van der Waals surface area (Å²) in [5.41, 5.74) is 2.15. The number of aliphatic hydroxyl groups is 1. The number of rotatable bonds is 5. The second-order valence-electron chi connectivity index (χ2n) is 7.16. The average molecular weight is 381 g/mol. The Bertz CT molecular complexity index is 955. The molecule has 0 radical (unpaired) electrons. The zero-order chi connectivity index (χ0) is 18.8. The Kier molecular flexibility index (Phi) is 5.10. The van der Waals surface area contributed by atoms with Crippen LogP contribution in [0.2, 0.25) is 5.02 Å². The Morgan fingerprint density at radius 3 is 2.63 bits per heavy atom. The molecule has 0 saturated heterocycles. The lowest BCUT2D eigenvalue weighted by Crippen LogP contribution is -2.48. The van der Waals surface area contributed by atoms with Crippen molar-refractivity contribution >= 4 is 28.4 Å². The molecule has 1 amide bonds. The minimum absolute atomic E-state index is 0.0351. The predicted molar refractivity (Wildman–Crippen MR) is 107 cm³/mol. The fraction of sp³-hybridized carbons (Fsp3) is 0.273. The normalized spacial score (nSPS) is 20.1. The SMILES string of the molecule is O=C(NC(Cc1ccccc1)C1CC(O)C1)c1ccc2cccc(Cl)c2n1. The van der Waals surface area contributed by atoms with E-state index in [1.54, 1.807) is 12.1 Å². The highest BCUT2D eigenvalue weighted by molar-refractivity contribution is 6.35. The molecule has 2 aromatic carbocycles. The molecule has 1 heterocycles. The molecule has 0 spiro atoms. The van der Waals surface area contributed by atoms with Crippen molar-refractivity contribution in [1.82, 2.24) is 10.3 Å². The van der Waals surface area contributed by atoms with Crippen LogP contribution in [0.3, 0.4) is 0 Å². The van der Waals surface area contributed by atoms with Crippen LogP contribution in [0.15, 0.2) is 60.7 Å². The third-order valence-electron chi connectivity index (χ3n) is 5.24. The first-order valence-corrected chi connectivity index (χ1v) is 9.56. The first-order valence-electron chi connectivity index (χ1n) is 9.18. The van der Waals surface area contributed by atoms with E-state index in [0.717, 1.165) is 24.6 Å². The van der Waals surface area contributed by atoms with E-state index < -0.39 is 0 Å². The van der Waals surface area contributed by atoms with Gasteiger partial charge in [0.15, 0.2) is 0 Å². The summed E-state index contributed by atoms with van der Waals surface area (Å²) in [6.07, 6.45) is 1.91. The molecule has 4 rings (SSSR count). The van der Waals surface area contributed by atoms with Crippen LogP contribution >= 0.6 is 11.6 Å². The highest BCUT2D eigenvalue weighted by atomic mass is 35.5. The molecule has 1 saturated carbocycles. The van der Waals surface area contributed by atoms with Gasteiger partial charge in [0, 0.05) is 11.4 Å². The van der Waals surface area contributed by atoms with Gasteiger partial charge in [-0.05, 0) is 42.9 Å². The molecule has 1 aliphatic carbocycles. The lowest BCUT2D eigenvalue weighted by Gasteiger charge is -2.38. The number of hydrogen-bond acceptors (Lipinski definition) is 3. The van der Waals surface area contributed by atoms with Crippen LogP contribution in [0.25, 0.3) is 10.9 Å². The van der Waals surface area contributed by atoms with Crippen LogP contribution in [0, 0.1) is 5.92 Å². The van der Waals surface area contributed by atoms with Gasteiger partial charge in [-0.3, -0.25) is 4.79 Å². The Morgan fingerprint density at radius 1 is 1.11 bits per heavy atom. The lowest BCUT2D eigenvalue weighted by molar-refractivity contribution is 0.0239. The largest absolute Gasteiger partial charge is 0.393 e. The van der Waals surface area contributed by atoms with E-state index >= 15 is 0 Å². The lowest BCUT2D eigenvalue weighted by atomic mass is 9.75. The number of aliphatic hydroxyl groups excluding tert-OH is 1. The van der Waals surface area contributed by atoms with Gasteiger partial charge in [-0.1, -0.05) is 60.1 Å². The smallest absolute Gasteiger partial charge is 0.270 e. The van der Waals surface area contributed by atoms with Crippen LogP contribution in [0.4, 0.5) is 0 Å². The number of fused-ring (bicyclic) bond motifs is 1. The highest BCUT2D eigenvalue weighted by Gasteiger charge is 2.35. The third-order valence-corrected chi connectivity index (χ3v) is 5.54. The Balaban J connectivity index is 1.55. The summed E-state index contributed by atoms with van der Waals surface area (Å²) in [7, 11) is 0. The maximum absolute atomic E-state index is 12.8. The van der Waals surface area contributed by atoms with Gasteiger partial charge >= 0.3 is 0 Å². The van der Waals surface area contributed by atoms with E-state index in [0.29, 0.717) is 16.2 Å². The molecule has 1 unspecified atom stereocenters. The van der Waals surface area contributed by atoms with Crippen molar-refractivity contribution in [3.8, 4) is 0 Å². The minimum Gasteiger partial charge on any atom is -0.393 e. The van der Waals surface area contributed by atoms with Crippen molar-refractivity contribution in [2.24, 2.45) is 5.92 Å². The van der Waals surface area contributed by atoms with Crippen molar-refractivity contribution in [3.05, 3.63) is 76.9 Å². The average Bonchev–Trinajstić information content (AvgIpc) is 2.66. The number of carbonyl (C=O) groups is 1. The fourth-order valence-corrected chi connectivity index (χ4v) is 3.87. The van der Waals surface area contributed by atoms with E-state index in [4.69, 9.17) is 11.6 Å². The summed E-state index contributed by atoms with van der Waals surface area (Å²) in [4.78, 5) is 17.3. The number of benzene rings is 2. The first kappa shape index (κ1) is 18.0. The number of para-hydroxylation sites is 1. The molecule has 27 heavy (non-hydrogen) atoms. The maximum atomic E-state index is 12.8. The van der Waals surface area contributed by atoms with Crippen LogP contribution in [-0.4, -0.2) is 28.1 Å². The van der Waals surface area contributed by atoms with Crippen molar-refractivity contribution in [2.45, 2.75) is 31.4 Å². The Hall–Kier alpha value is -2.43. The molecule has 3 aromatic rings. The standard InChI is InChI=1S/C22H21ClN2O2/c23-18-8-4-7-15-9-10-19(24-21(15)18)22(27)25-20(16-12-17(26)13-16)11-14-5-2-1-3-6-14/h1-10,16-17,20,26H,11-13H2,(H,25,27). The summed E-state index contributed by atoms with van der Waals surface area (Å²) < 4.78 is 0. The highest BCUT2D eigenvalue weighted by Crippen LogP contribution is 2.32. The molecule has 1 fully saturated rings. The number of pyridine rings is 1. The second kappa shape index (κ2) is 7.67. The third kappa shape index (κ3) is 3.97. The molecule has 0 aliphatic heterocycles. The van der Waals surface area contributed by atoms with Crippen molar-refractivity contribution in [3.63, 3.8) is 0 Å². The summed E-state index contributed by atoms with van der Waals surface area (Å²) in [5, 5.41) is 14.3. The second-order valence-corrected chi connectivity index (χ2v) is 7.57. The topological polar surface area (TPSA) is 62.2 Å². The van der Waals surface area contributed by atoms with E-state index in [1.165, 1.54) is 5.56 Å². The summed E-state index contributed by atoms with van der Waals surface area (Å²) in [6.45, 7) is 0. The van der Waals surface area contributed by atoms with E-state index in [2.05, 4.69) is 22.4 Å². The number of hydrogen-bond donors (Lipinski definition) is 2. The Morgan fingerprint density at radius 2 is 1.89 bits per heavy atom. The number of aromatic nitrogens is 1. The van der Waals surface area contributed by atoms with Gasteiger partial charge in [0.1, 0.15) is 5.69 Å². The monoisotopic (exact) mass is 380 g/mol. The molecule has 0 bridgehead atoms. The van der Waals surface area contributed by atoms with Crippen LogP contribution in [0.5, 0.6) is 0 Å². The van der Waals surface area contributed by atoms with Crippen LogP contribution in [0.1, 0.15) is 28.9 Å². The molecule has 2 N–H and O–H groups in total. The van der Waals surface area contributed by atoms with Gasteiger partial charge in [-0.25, -0.2) is 4.98 Å². The van der Waals surface area contributed by atoms with E-state index in [9.17, 15) is 9.90 Å². The van der Waals surface area contributed by atoms with Gasteiger partial charge in [0.2, 0.25) is 0 Å². The number of carbonyl (C=O) groups excluding carboxylic acids is 1. The molecule has 1 atom stereocenters.